The van der Waals surface area contributed by atoms with Crippen LogP contribution in [0.15, 0.2) is 0 Å². The van der Waals surface area contributed by atoms with Gasteiger partial charge >= 0.3 is 12.0 Å². The quantitative estimate of drug-likeness (QED) is 0.744. The number of nitrogens with one attached hydrogen (secondary N) is 1. The molecule has 2 fully saturated rings. The van der Waals surface area contributed by atoms with Crippen molar-refractivity contribution in [1.82, 2.24) is 15.1 Å². The number of likely N-dealkylation sites (tertiary alicyclic amines) is 1. The van der Waals surface area contributed by atoms with E-state index in [1.165, 1.54) is 0 Å². The maximum Gasteiger partial charge on any atom is 0.320 e. The number of nitrogens with zero attached hydrogens (tertiary/aromatic N) is 2. The number of carboxylic acids is 1. The Labute approximate surface area is 117 Å². The molecule has 112 valence electrons. The number of piperazine rings is 1. The molecule has 1 unspecified atom stereocenters. The van der Waals surface area contributed by atoms with Gasteiger partial charge < -0.3 is 20.2 Å². The average Bonchev–Trinajstić information content (AvgIpc) is 2.30. The van der Waals surface area contributed by atoms with E-state index in [0.29, 0.717) is 26.2 Å². The predicted molar refractivity (Wildman–Crippen MR) is 71.1 cm³/mol. The minimum atomic E-state index is -0.862. The zero-order chi connectivity index (χ0) is 15.1. The average molecular weight is 283 g/mol. The van der Waals surface area contributed by atoms with E-state index in [0.717, 1.165) is 0 Å². The summed E-state index contributed by atoms with van der Waals surface area (Å²) in [4.78, 5) is 38.3. The van der Waals surface area contributed by atoms with Crippen molar-refractivity contribution >= 4 is 17.9 Å². The molecule has 0 aromatic rings. The van der Waals surface area contributed by atoms with Gasteiger partial charge in [0.1, 0.15) is 5.54 Å². The van der Waals surface area contributed by atoms with E-state index in [1.54, 1.807) is 30.6 Å². The smallest absolute Gasteiger partial charge is 0.320 e. The van der Waals surface area contributed by atoms with Crippen molar-refractivity contribution in [3.8, 4) is 0 Å². The highest BCUT2D eigenvalue weighted by atomic mass is 16.4. The van der Waals surface area contributed by atoms with Crippen molar-refractivity contribution in [2.24, 2.45) is 11.8 Å². The predicted octanol–water partition coefficient (Wildman–Crippen LogP) is -0.0307. The van der Waals surface area contributed by atoms with Crippen LogP contribution in [0.25, 0.3) is 0 Å². The summed E-state index contributed by atoms with van der Waals surface area (Å²) in [6.45, 7) is 6.92. The Morgan fingerprint density at radius 3 is 2.55 bits per heavy atom. The third kappa shape index (κ3) is 2.32. The number of hydrogen-bond acceptors (Lipinski definition) is 3. The van der Waals surface area contributed by atoms with Gasteiger partial charge in [-0.1, -0.05) is 6.92 Å². The van der Waals surface area contributed by atoms with Gasteiger partial charge in [0.2, 0.25) is 5.91 Å². The first-order valence-electron chi connectivity index (χ1n) is 6.82. The summed E-state index contributed by atoms with van der Waals surface area (Å²) in [6.07, 6.45) is 0. The Bertz CT molecular complexity index is 443. The number of aliphatic carboxylic acids is 1. The van der Waals surface area contributed by atoms with Crippen molar-refractivity contribution in [3.05, 3.63) is 0 Å². The van der Waals surface area contributed by atoms with Crippen LogP contribution < -0.4 is 5.32 Å². The van der Waals surface area contributed by atoms with E-state index < -0.39 is 17.4 Å². The van der Waals surface area contributed by atoms with Gasteiger partial charge in [-0.15, -0.1) is 0 Å². The van der Waals surface area contributed by atoms with Crippen molar-refractivity contribution in [2.45, 2.75) is 26.3 Å². The van der Waals surface area contributed by atoms with Crippen LogP contribution in [0.2, 0.25) is 0 Å². The highest BCUT2D eigenvalue weighted by Crippen LogP contribution is 2.28. The van der Waals surface area contributed by atoms with Crippen molar-refractivity contribution < 1.29 is 19.5 Å². The molecule has 0 aliphatic carbocycles. The Balaban J connectivity index is 1.97. The number of carboxylic acid groups (broad SMARTS) is 1. The number of amides is 3. The first kappa shape index (κ1) is 14.6. The Morgan fingerprint density at radius 1 is 1.40 bits per heavy atom. The second kappa shape index (κ2) is 4.96. The van der Waals surface area contributed by atoms with Gasteiger partial charge in [-0.2, -0.15) is 0 Å². The van der Waals surface area contributed by atoms with Gasteiger partial charge in [0.15, 0.2) is 0 Å². The lowest BCUT2D eigenvalue weighted by atomic mass is 9.87. The molecule has 2 aliphatic heterocycles. The minimum Gasteiger partial charge on any atom is -0.481 e. The van der Waals surface area contributed by atoms with Crippen LogP contribution in [0.4, 0.5) is 4.79 Å². The van der Waals surface area contributed by atoms with Crippen LogP contribution in [0.5, 0.6) is 0 Å². The third-order valence-corrected chi connectivity index (χ3v) is 4.36. The lowest BCUT2D eigenvalue weighted by Crippen LogP contribution is -2.68. The Morgan fingerprint density at radius 2 is 2.00 bits per heavy atom. The van der Waals surface area contributed by atoms with Crippen molar-refractivity contribution in [2.75, 3.05) is 26.2 Å². The molecule has 0 aromatic heterocycles. The summed E-state index contributed by atoms with van der Waals surface area (Å²) in [6, 6.07) is -0.182. The number of rotatable bonds is 2. The van der Waals surface area contributed by atoms with Crippen LogP contribution in [0.3, 0.4) is 0 Å². The van der Waals surface area contributed by atoms with E-state index >= 15 is 0 Å². The molecule has 7 heteroatoms. The fourth-order valence-electron chi connectivity index (χ4n) is 2.59. The van der Waals surface area contributed by atoms with Crippen LogP contribution in [-0.2, 0) is 9.59 Å². The van der Waals surface area contributed by atoms with E-state index in [-0.39, 0.29) is 17.9 Å². The zero-order valence-electron chi connectivity index (χ0n) is 12.0. The number of carbonyl (C=O) groups excluding carboxylic acids is 2. The summed E-state index contributed by atoms with van der Waals surface area (Å²) in [5, 5.41) is 11.7. The minimum absolute atomic E-state index is 0.00169. The normalized spacial score (nSPS) is 23.9. The lowest BCUT2D eigenvalue weighted by Gasteiger charge is -2.48. The second-order valence-corrected chi connectivity index (χ2v) is 6.04. The summed E-state index contributed by atoms with van der Waals surface area (Å²) in [5.74, 6) is -1.44. The number of urea groups is 1. The highest BCUT2D eigenvalue weighted by Gasteiger charge is 2.45. The highest BCUT2D eigenvalue weighted by molar-refractivity contribution is 5.91. The molecule has 2 saturated heterocycles. The molecule has 2 N–H and O–H groups in total. The molecule has 7 nitrogen and oxygen atoms in total. The maximum absolute atomic E-state index is 12.4. The van der Waals surface area contributed by atoms with Gasteiger partial charge in [-0.05, 0) is 13.8 Å². The van der Waals surface area contributed by atoms with E-state index in [2.05, 4.69) is 5.32 Å². The van der Waals surface area contributed by atoms with E-state index in [1.807, 2.05) is 0 Å². The van der Waals surface area contributed by atoms with Gasteiger partial charge in [0.25, 0.3) is 0 Å². The molecular formula is C13H21N3O4. The van der Waals surface area contributed by atoms with Crippen molar-refractivity contribution in [1.29, 1.82) is 0 Å². The van der Waals surface area contributed by atoms with Gasteiger partial charge in [-0.3, -0.25) is 9.59 Å². The molecule has 0 radical (unpaired) electrons. The summed E-state index contributed by atoms with van der Waals surface area (Å²) in [5.41, 5.74) is -0.862. The molecule has 1 atom stereocenters. The van der Waals surface area contributed by atoms with E-state index in [4.69, 9.17) is 5.11 Å². The molecular weight excluding hydrogens is 262 g/mol. The molecule has 2 rings (SSSR count). The molecule has 0 aromatic carbocycles. The molecule has 2 heterocycles. The van der Waals surface area contributed by atoms with Gasteiger partial charge in [0.05, 0.1) is 5.92 Å². The number of hydrogen-bond donors (Lipinski definition) is 2. The second-order valence-electron chi connectivity index (χ2n) is 6.04. The fourth-order valence-corrected chi connectivity index (χ4v) is 2.59. The molecule has 2 aliphatic rings. The van der Waals surface area contributed by atoms with Crippen molar-refractivity contribution in [3.63, 3.8) is 0 Å². The first-order valence-corrected chi connectivity index (χ1v) is 6.82. The largest absolute Gasteiger partial charge is 0.481 e. The standard InChI is InChI=1S/C13H21N3O4/c1-8(10(17)18)9-6-15(7-9)12(20)16-5-4-14-11(19)13(16,2)3/h8-9H,4-7H2,1-3H3,(H,14,19)(H,17,18). The SMILES string of the molecule is CC(C(=O)O)C1CN(C(=O)N2CCNC(=O)C2(C)C)C1. The lowest BCUT2D eigenvalue weighted by molar-refractivity contribution is -0.145. The Hall–Kier alpha value is -1.79. The van der Waals surface area contributed by atoms with Crippen LogP contribution in [-0.4, -0.2) is 64.5 Å². The van der Waals surface area contributed by atoms with Crippen LogP contribution >= 0.6 is 0 Å². The monoisotopic (exact) mass is 283 g/mol. The topological polar surface area (TPSA) is 89.9 Å². The molecule has 0 bridgehead atoms. The van der Waals surface area contributed by atoms with Crippen LogP contribution in [0.1, 0.15) is 20.8 Å². The summed E-state index contributed by atoms with van der Waals surface area (Å²) >= 11 is 0. The first-order chi connectivity index (χ1) is 9.25. The number of carbonyl (C=O) groups is 3. The zero-order valence-corrected chi connectivity index (χ0v) is 12.0. The van der Waals surface area contributed by atoms with Gasteiger partial charge in [-0.25, -0.2) is 4.79 Å². The maximum atomic E-state index is 12.4. The third-order valence-electron chi connectivity index (χ3n) is 4.36. The molecule has 20 heavy (non-hydrogen) atoms. The fraction of sp³-hybridized carbons (Fsp3) is 0.769. The molecule has 3 amide bonds. The van der Waals surface area contributed by atoms with E-state index in [9.17, 15) is 14.4 Å². The molecule has 0 saturated carbocycles. The molecule has 0 spiro atoms. The Kier molecular flexibility index (Phi) is 3.62. The van der Waals surface area contributed by atoms with Gasteiger partial charge in [0, 0.05) is 32.1 Å². The van der Waals surface area contributed by atoms with Crippen LogP contribution in [0, 0.1) is 11.8 Å². The summed E-state index contributed by atoms with van der Waals surface area (Å²) in [7, 11) is 0. The summed E-state index contributed by atoms with van der Waals surface area (Å²) < 4.78 is 0.